The molecule has 0 N–H and O–H groups in total. The number of allylic oxidation sites excluding steroid dienone is 2. The molecule has 0 fully saturated rings. The van der Waals surface area contributed by atoms with E-state index in [0.29, 0.717) is 4.83 Å². The minimum atomic E-state index is 0.501. The molecule has 13 heavy (non-hydrogen) atoms. The Kier molecular flexibility index (Phi) is 5.48. The van der Waals surface area contributed by atoms with Gasteiger partial charge in [-0.2, -0.15) is 0 Å². The smallest absolute Gasteiger partial charge is 0.102 e. The number of halogens is 1. The zero-order chi connectivity index (χ0) is 9.52. The van der Waals surface area contributed by atoms with Gasteiger partial charge >= 0.3 is 0 Å². The molecular formula is C10H16BBrO. The average molecular weight is 243 g/mol. The first kappa shape index (κ1) is 11.1. The summed E-state index contributed by atoms with van der Waals surface area (Å²) in [5.41, 5.74) is 1.32. The van der Waals surface area contributed by atoms with Gasteiger partial charge in [0.25, 0.3) is 0 Å². The fourth-order valence-electron chi connectivity index (χ4n) is 1.20. The molecule has 0 heterocycles. The van der Waals surface area contributed by atoms with Crippen LogP contribution in [-0.4, -0.2) is 25.9 Å². The minimum absolute atomic E-state index is 0.501. The molecule has 72 valence electrons. The van der Waals surface area contributed by atoms with Crippen LogP contribution in [-0.2, 0) is 4.74 Å². The zero-order valence-corrected chi connectivity index (χ0v) is 9.72. The van der Waals surface area contributed by atoms with Crippen molar-refractivity contribution >= 4 is 23.8 Å². The second-order valence-corrected chi connectivity index (χ2v) is 4.57. The van der Waals surface area contributed by atoms with Crippen LogP contribution in [0.25, 0.3) is 0 Å². The second-order valence-electron chi connectivity index (χ2n) is 3.28. The Morgan fingerprint density at radius 2 is 2.38 bits per heavy atom. The lowest BCUT2D eigenvalue weighted by Gasteiger charge is -2.10. The van der Waals surface area contributed by atoms with Crippen LogP contribution >= 0.6 is 15.9 Å². The number of ether oxygens (including phenoxy) is 1. The summed E-state index contributed by atoms with van der Waals surface area (Å²) < 4.78 is 5.56. The van der Waals surface area contributed by atoms with Gasteiger partial charge in [0.05, 0.1) is 13.2 Å². The van der Waals surface area contributed by atoms with Crippen molar-refractivity contribution in [3.8, 4) is 0 Å². The summed E-state index contributed by atoms with van der Waals surface area (Å²) in [7, 11) is 2.16. The predicted molar refractivity (Wildman–Crippen MR) is 63.3 cm³/mol. The third-order valence-electron chi connectivity index (χ3n) is 2.08. The normalized spacial score (nSPS) is 18.4. The summed E-state index contributed by atoms with van der Waals surface area (Å²) in [6.45, 7) is 1.57. The Morgan fingerprint density at radius 3 is 3.00 bits per heavy atom. The third kappa shape index (κ3) is 4.68. The molecule has 0 bridgehead atoms. The quantitative estimate of drug-likeness (QED) is 0.530. The maximum atomic E-state index is 5.56. The molecule has 0 aromatic heterocycles. The number of alkyl halides is 1. The van der Waals surface area contributed by atoms with E-state index < -0.39 is 0 Å². The van der Waals surface area contributed by atoms with Gasteiger partial charge in [-0.15, -0.1) is 0 Å². The highest BCUT2D eigenvalue weighted by Crippen LogP contribution is 2.11. The van der Waals surface area contributed by atoms with Crippen molar-refractivity contribution in [2.45, 2.75) is 24.0 Å². The molecule has 1 aliphatic rings. The van der Waals surface area contributed by atoms with Gasteiger partial charge < -0.3 is 4.74 Å². The van der Waals surface area contributed by atoms with Crippen molar-refractivity contribution in [1.82, 2.24) is 0 Å². The van der Waals surface area contributed by atoms with Crippen molar-refractivity contribution in [2.24, 2.45) is 0 Å². The summed E-state index contributed by atoms with van der Waals surface area (Å²) >= 11 is 3.54. The Morgan fingerprint density at radius 1 is 1.54 bits per heavy atom. The maximum absolute atomic E-state index is 5.56. The van der Waals surface area contributed by atoms with Crippen LogP contribution < -0.4 is 0 Å². The van der Waals surface area contributed by atoms with E-state index in [9.17, 15) is 0 Å². The lowest BCUT2D eigenvalue weighted by Crippen LogP contribution is -2.09. The SMILES string of the molecule is BC[C@@H](Br)COCC1=CCCC=C1. The maximum Gasteiger partial charge on any atom is 0.102 e. The van der Waals surface area contributed by atoms with E-state index in [-0.39, 0.29) is 0 Å². The molecule has 0 unspecified atom stereocenters. The summed E-state index contributed by atoms with van der Waals surface area (Å²) in [4.78, 5) is 0.501. The van der Waals surface area contributed by atoms with Crippen LogP contribution in [0.2, 0.25) is 6.32 Å². The van der Waals surface area contributed by atoms with Crippen molar-refractivity contribution < 1.29 is 4.74 Å². The van der Waals surface area contributed by atoms with E-state index in [1.807, 2.05) is 0 Å². The van der Waals surface area contributed by atoms with Gasteiger partial charge in [-0.1, -0.05) is 40.5 Å². The standard InChI is InChI=1S/C10H16BBrO/c11-6-10(12)8-13-7-9-4-2-1-3-5-9/h2,4-5,10H,1,3,6-8,11H2/t10-/m1/s1. The van der Waals surface area contributed by atoms with Crippen LogP contribution in [0.5, 0.6) is 0 Å². The summed E-state index contributed by atoms with van der Waals surface area (Å²) in [5, 5.41) is 0. The highest BCUT2D eigenvalue weighted by molar-refractivity contribution is 9.09. The molecule has 3 heteroatoms. The highest BCUT2D eigenvalue weighted by Gasteiger charge is 2.01. The fourth-order valence-corrected chi connectivity index (χ4v) is 1.38. The highest BCUT2D eigenvalue weighted by atomic mass is 79.9. The summed E-state index contributed by atoms with van der Waals surface area (Å²) in [6.07, 6.45) is 10.1. The third-order valence-corrected chi connectivity index (χ3v) is 2.99. The van der Waals surface area contributed by atoms with Crippen LogP contribution in [0.1, 0.15) is 12.8 Å². The second kappa shape index (κ2) is 6.44. The Hall–Kier alpha value is -0.0151. The van der Waals surface area contributed by atoms with Gasteiger partial charge in [0.2, 0.25) is 0 Å². The lowest BCUT2D eigenvalue weighted by molar-refractivity contribution is 0.163. The van der Waals surface area contributed by atoms with Crippen molar-refractivity contribution in [3.63, 3.8) is 0 Å². The molecule has 0 saturated carbocycles. The van der Waals surface area contributed by atoms with E-state index in [1.54, 1.807) is 0 Å². The molecule has 1 nitrogen and oxygen atoms in total. The monoisotopic (exact) mass is 242 g/mol. The Bertz CT molecular complexity index is 201. The van der Waals surface area contributed by atoms with Crippen molar-refractivity contribution in [1.29, 1.82) is 0 Å². The van der Waals surface area contributed by atoms with Crippen LogP contribution in [0, 0.1) is 0 Å². The van der Waals surface area contributed by atoms with Gasteiger partial charge in [-0.3, -0.25) is 0 Å². The molecule has 0 aromatic rings. The molecule has 0 saturated heterocycles. The molecule has 1 atom stereocenters. The molecule has 1 aliphatic carbocycles. The molecule has 1 rings (SSSR count). The summed E-state index contributed by atoms with van der Waals surface area (Å²) in [6, 6.07) is 0. The van der Waals surface area contributed by atoms with Crippen LogP contribution in [0.15, 0.2) is 23.8 Å². The van der Waals surface area contributed by atoms with Crippen LogP contribution in [0.4, 0.5) is 0 Å². The van der Waals surface area contributed by atoms with Gasteiger partial charge in [-0.05, 0) is 18.4 Å². The topological polar surface area (TPSA) is 9.23 Å². The first-order valence-electron chi connectivity index (χ1n) is 4.90. The molecule has 0 spiro atoms. The fraction of sp³-hybridized carbons (Fsp3) is 0.600. The Balaban J connectivity index is 2.12. The number of hydrogen-bond acceptors (Lipinski definition) is 1. The van der Waals surface area contributed by atoms with Gasteiger partial charge in [0.15, 0.2) is 0 Å². The van der Waals surface area contributed by atoms with E-state index in [1.165, 1.54) is 18.4 Å². The molecule has 0 aliphatic heterocycles. The van der Waals surface area contributed by atoms with E-state index in [4.69, 9.17) is 4.74 Å². The van der Waals surface area contributed by atoms with Gasteiger partial charge in [0.1, 0.15) is 7.85 Å². The largest absolute Gasteiger partial charge is 0.376 e. The molecule has 0 aromatic carbocycles. The van der Waals surface area contributed by atoms with Crippen LogP contribution in [0.3, 0.4) is 0 Å². The first-order valence-corrected chi connectivity index (χ1v) is 5.82. The van der Waals surface area contributed by atoms with Gasteiger partial charge in [0, 0.05) is 4.83 Å². The number of hydrogen-bond donors (Lipinski definition) is 0. The summed E-state index contributed by atoms with van der Waals surface area (Å²) in [5.74, 6) is 0. The van der Waals surface area contributed by atoms with E-state index in [0.717, 1.165) is 19.5 Å². The van der Waals surface area contributed by atoms with Crippen molar-refractivity contribution in [3.05, 3.63) is 23.8 Å². The number of rotatable bonds is 5. The average Bonchev–Trinajstić information content (AvgIpc) is 2.19. The lowest BCUT2D eigenvalue weighted by atomic mass is 10.0. The van der Waals surface area contributed by atoms with Crippen molar-refractivity contribution in [2.75, 3.05) is 13.2 Å². The molecular weight excluding hydrogens is 227 g/mol. The zero-order valence-electron chi connectivity index (χ0n) is 8.13. The van der Waals surface area contributed by atoms with Gasteiger partial charge in [-0.25, -0.2) is 0 Å². The van der Waals surface area contributed by atoms with E-state index >= 15 is 0 Å². The predicted octanol–water partition coefficient (Wildman–Crippen LogP) is 2.09. The Labute approximate surface area is 89.8 Å². The first-order chi connectivity index (χ1) is 6.33. The minimum Gasteiger partial charge on any atom is -0.376 e. The molecule has 0 amide bonds. The van der Waals surface area contributed by atoms with E-state index in [2.05, 4.69) is 42.0 Å². The molecule has 0 radical (unpaired) electrons.